The Bertz CT molecular complexity index is 6070. The molecule has 0 amide bonds. The van der Waals surface area contributed by atoms with Gasteiger partial charge in [0.2, 0.25) is 0 Å². The van der Waals surface area contributed by atoms with Crippen LogP contribution < -0.4 is 56.2 Å². The van der Waals surface area contributed by atoms with E-state index in [9.17, 15) is 122 Å². The third-order valence-electron chi connectivity index (χ3n) is 22.4. The lowest BCUT2D eigenvalue weighted by atomic mass is 10.1. The van der Waals surface area contributed by atoms with Crippen LogP contribution in [-0.4, -0.2) is 247 Å². The minimum absolute atomic E-state index is 0.0404. The van der Waals surface area contributed by atoms with E-state index >= 15 is 0 Å². The number of benzene rings is 5. The zero-order valence-electron chi connectivity index (χ0n) is 69.6. The number of hydrogen-bond donors (Lipinski definition) is 15. The molecule has 15 rings (SSSR count). The zero-order chi connectivity index (χ0) is 95.1. The Labute approximate surface area is 748 Å². The summed E-state index contributed by atoms with van der Waals surface area (Å²) in [6.45, 7) is -0.425. The minimum atomic E-state index is -1.49. The molecule has 0 radical (unpaired) electrons. The first-order valence-corrected chi connectivity index (χ1v) is 41.7. The van der Waals surface area contributed by atoms with Crippen LogP contribution in [0.15, 0.2) is 225 Å². The predicted octanol–water partition coefficient (Wildman–Crippen LogP) is -3.65. The van der Waals surface area contributed by atoms with E-state index in [4.69, 9.17) is 62.2 Å². The van der Waals surface area contributed by atoms with Gasteiger partial charge in [0.05, 0.1) is 33.0 Å². The van der Waals surface area contributed by atoms with Gasteiger partial charge in [-0.25, -0.2) is 37.1 Å². The van der Waals surface area contributed by atoms with Crippen molar-refractivity contribution in [3.8, 4) is 0 Å². The van der Waals surface area contributed by atoms with Gasteiger partial charge in [0, 0.05) is 110 Å². The van der Waals surface area contributed by atoms with Crippen molar-refractivity contribution < 1.29 is 113 Å². The second-order valence-electron chi connectivity index (χ2n) is 30.9. The largest absolute Gasteiger partial charge is 0.394 e. The van der Waals surface area contributed by atoms with Crippen LogP contribution in [0.1, 0.15) is 64.5 Å². The van der Waals surface area contributed by atoms with Crippen LogP contribution in [0.4, 0.5) is 13.2 Å². The molecule has 0 bridgehead atoms. The lowest BCUT2D eigenvalue weighted by Gasteiger charge is -2.18. The molecule has 15 N–H and O–H groups in total. The lowest BCUT2D eigenvalue weighted by molar-refractivity contribution is -0.0556. The summed E-state index contributed by atoms with van der Waals surface area (Å²) in [6, 6.07) is 36.8. The molecule has 5 aromatic heterocycles. The van der Waals surface area contributed by atoms with Gasteiger partial charge in [0.1, 0.15) is 109 Å². The first-order chi connectivity index (χ1) is 62.5. The van der Waals surface area contributed by atoms with Gasteiger partial charge < -0.3 is 100 Å². The fourth-order valence-electron chi connectivity index (χ4n) is 14.9. The molecule has 5 aliphatic rings. The molecule has 5 unspecified atom stereocenters. The van der Waals surface area contributed by atoms with Crippen LogP contribution in [0.2, 0.25) is 10.0 Å². The normalized spacial score (nSPS) is 25.4. The maximum Gasteiger partial charge on any atom is 0.333 e. The summed E-state index contributed by atoms with van der Waals surface area (Å²) in [7, 11) is 0. The quantitative estimate of drug-likeness (QED) is 0.0262. The zero-order valence-corrected chi connectivity index (χ0v) is 71.1. The Morgan fingerprint density at radius 2 is 0.573 bits per heavy atom. The average Bonchev–Trinajstić information content (AvgIpc) is 1.68. The highest BCUT2D eigenvalue weighted by Gasteiger charge is 2.49. The van der Waals surface area contributed by atoms with Crippen molar-refractivity contribution in [2.45, 2.75) is 194 Å². The number of aryl methyl sites for hydroxylation is 6. The number of rotatable bonds is 25. The van der Waals surface area contributed by atoms with E-state index in [2.05, 4.69) is 0 Å². The predicted molar refractivity (Wildman–Crippen MR) is 455 cm³/mol. The van der Waals surface area contributed by atoms with Gasteiger partial charge in [0.15, 0.2) is 31.1 Å². The number of aliphatic hydroxyl groups excluding tert-OH is 15. The van der Waals surface area contributed by atoms with E-state index in [1.165, 1.54) is 48.9 Å². The minimum Gasteiger partial charge on any atom is -0.394 e. The third-order valence-corrected chi connectivity index (χ3v) is 22.9. The SMILES string of the molecule is Cc1ccc(CCn2c(=O)ccn([C@@H]3O[C@H](CO)[C@H](O)C3O)c2=O)cc1.O=c1ccn([C@@H]2O[C@H](CO)[C@H](O)C2O)c(=O)n1CCc1ccc(Cl)cc1.O=c1ccn([C@@H]2O[C@H](CO)[C@H](O)C2O)c(=O)n1CCc1ccc(F)cc1F.O=c1ccn([C@@H]2O[C@H](CO)[C@H](O)C2O)c(=O)n1CCc1cccc(Cl)c1.O=c1ccn([C@@H]2O[C@H](CO)[C@H](O)C2O)c(=O)n1CCc1ccccc1F. The first kappa shape index (κ1) is 101. The highest BCUT2D eigenvalue weighted by molar-refractivity contribution is 6.30. The molecule has 706 valence electrons. The Morgan fingerprint density at radius 1 is 0.290 bits per heavy atom. The molecule has 0 spiro atoms. The monoisotopic (exact) mass is 1880 g/mol. The standard InChI is InChI=1S/C18H22N2O6.2C17H19ClN2O6.C17H18F2N2O6.C17H19FN2O6/c1-11-2-4-12(5-3-11)6-8-19-14(22)7-9-20(18(19)25)17-16(24)15(23)13(10-21)26-17;18-11-3-1-10(2-4-11)5-7-19-13(22)6-8-20(17(19)25)16-15(24)14(23)12(9-21)26-16;18-11-3-1-2-10(8-11)4-6-19-13(22)5-7-20(17(19)25)16-15(24)14(23)12(9-21)26-16;18-10-2-1-9(11(19)7-10)3-5-20-13(23)4-6-21(17(20)26)16-15(25)14(24)12(8-22)27-16;18-11-4-2-1-3-10(11)5-7-19-13(22)6-8-20(17(19)25)16-15(24)14(23)12(9-21)26-16/h2-5,7,9,13,15-17,21,23-24H,6,8,10H2,1H3;1-4,6,8,12,14-16,21,23-24H,5,7,9H2;1-3,5,7-8,12,14-16,21,23-24H,4,6,9H2;1-2,4,6-7,12,14-16,22,24-25H,3,5,8H2;1-4,6,8,12,14-16,21,23-24H,5,7,9H2/t13-,15+,16?,17-;4*12-,14+,15?,16-/m11111/s1. The van der Waals surface area contributed by atoms with Gasteiger partial charge in [-0.3, -0.25) is 69.6 Å². The number of hydrogen-bond acceptors (Lipinski definition) is 30. The average molecular weight is 1880 g/mol. The molecule has 0 saturated carbocycles. The molecule has 10 heterocycles. The molecule has 0 aliphatic carbocycles. The van der Waals surface area contributed by atoms with Gasteiger partial charge in [-0.15, -0.1) is 0 Å². The second-order valence-corrected chi connectivity index (χ2v) is 31.8. The Hall–Kier alpha value is -10.9. The molecule has 5 aromatic carbocycles. The van der Waals surface area contributed by atoms with Crippen LogP contribution in [0.5, 0.6) is 0 Å². The van der Waals surface area contributed by atoms with Crippen LogP contribution in [-0.2, 0) is 88.5 Å². The Balaban J connectivity index is 0.000000158. The molecule has 40 nitrogen and oxygen atoms in total. The number of aromatic nitrogens is 10. The highest BCUT2D eigenvalue weighted by Crippen LogP contribution is 2.33. The summed E-state index contributed by atoms with van der Waals surface area (Å²) in [5.74, 6) is -1.96. The summed E-state index contributed by atoms with van der Waals surface area (Å²) in [4.78, 5) is 124. The van der Waals surface area contributed by atoms with Crippen molar-refractivity contribution in [3.63, 3.8) is 0 Å². The molecular weight excluding hydrogens is 1780 g/mol. The fraction of sp³-hybridized carbons (Fsp3) is 0.419. The van der Waals surface area contributed by atoms with Crippen molar-refractivity contribution in [1.29, 1.82) is 0 Å². The molecule has 5 fully saturated rings. The van der Waals surface area contributed by atoms with E-state index in [-0.39, 0.29) is 51.1 Å². The van der Waals surface area contributed by atoms with Crippen molar-refractivity contribution in [3.05, 3.63) is 342 Å². The third kappa shape index (κ3) is 23.6. The van der Waals surface area contributed by atoms with Crippen LogP contribution >= 0.6 is 23.2 Å². The number of ether oxygens (including phenoxy) is 5. The van der Waals surface area contributed by atoms with E-state index < -0.39 is 229 Å². The number of nitrogens with zero attached hydrogens (tertiary/aromatic N) is 10. The van der Waals surface area contributed by atoms with E-state index in [0.717, 1.165) is 98.5 Å². The Kier molecular flexibility index (Phi) is 34.9. The van der Waals surface area contributed by atoms with Crippen LogP contribution in [0.25, 0.3) is 0 Å². The van der Waals surface area contributed by atoms with Crippen LogP contribution in [0.3, 0.4) is 0 Å². The van der Waals surface area contributed by atoms with E-state index in [1.54, 1.807) is 60.7 Å². The summed E-state index contributed by atoms with van der Waals surface area (Å²) < 4.78 is 77.0. The number of halogens is 5. The van der Waals surface area contributed by atoms with Gasteiger partial charge in [-0.2, -0.15) is 0 Å². The highest BCUT2D eigenvalue weighted by atomic mass is 35.5. The second kappa shape index (κ2) is 45.5. The van der Waals surface area contributed by atoms with Crippen molar-refractivity contribution in [1.82, 2.24) is 45.7 Å². The van der Waals surface area contributed by atoms with Gasteiger partial charge in [-0.1, -0.05) is 102 Å². The topological polar surface area (TPSA) is 570 Å². The molecule has 10 aromatic rings. The fourth-order valence-corrected chi connectivity index (χ4v) is 15.3. The van der Waals surface area contributed by atoms with Crippen LogP contribution in [0, 0.1) is 24.4 Å². The lowest BCUT2D eigenvalue weighted by Crippen LogP contribution is -2.43. The Morgan fingerprint density at radius 3 is 0.855 bits per heavy atom. The van der Waals surface area contributed by atoms with E-state index in [1.807, 2.05) is 37.3 Å². The van der Waals surface area contributed by atoms with Gasteiger partial charge in [-0.05, 0) is 103 Å². The molecular formula is C86H97Cl2F3N10O30. The first-order valence-electron chi connectivity index (χ1n) is 41.0. The molecule has 20 atom stereocenters. The number of aliphatic hydroxyl groups is 15. The van der Waals surface area contributed by atoms with Gasteiger partial charge >= 0.3 is 28.4 Å². The summed E-state index contributed by atoms with van der Waals surface area (Å²) in [5, 5.41) is 147. The molecule has 5 saturated heterocycles. The summed E-state index contributed by atoms with van der Waals surface area (Å²) in [6.07, 6.45) is -17.7. The maximum absolute atomic E-state index is 13.7. The van der Waals surface area contributed by atoms with Crippen molar-refractivity contribution in [2.24, 2.45) is 0 Å². The summed E-state index contributed by atoms with van der Waals surface area (Å²) in [5.41, 5.74) is -1.83. The van der Waals surface area contributed by atoms with E-state index in [0.29, 0.717) is 40.9 Å². The van der Waals surface area contributed by atoms with Crippen molar-refractivity contribution >= 4 is 23.2 Å². The maximum atomic E-state index is 13.7. The van der Waals surface area contributed by atoms with Crippen molar-refractivity contribution in [2.75, 3.05) is 33.0 Å². The molecule has 45 heteroatoms. The molecule has 5 aliphatic heterocycles. The smallest absolute Gasteiger partial charge is 0.333 e. The molecule has 131 heavy (non-hydrogen) atoms. The summed E-state index contributed by atoms with van der Waals surface area (Å²) >= 11 is 11.8. The van der Waals surface area contributed by atoms with Gasteiger partial charge in [0.25, 0.3) is 27.8 Å².